The number of imidazole rings is 1. The molecule has 2 atom stereocenters. The molecule has 0 amide bonds. The second-order valence-corrected chi connectivity index (χ2v) is 9.75. The fraction of sp³-hybridized carbons (Fsp3) is 0.238. The quantitative estimate of drug-likeness (QED) is 0.539. The normalized spacial score (nSPS) is 19.6. The molecule has 6 nitrogen and oxygen atoms in total. The van der Waals surface area contributed by atoms with Gasteiger partial charge in [0.1, 0.15) is 11.6 Å². The van der Waals surface area contributed by atoms with E-state index in [2.05, 4.69) is 4.98 Å². The van der Waals surface area contributed by atoms with Gasteiger partial charge in [0, 0.05) is 43.7 Å². The Labute approximate surface area is 183 Å². The van der Waals surface area contributed by atoms with E-state index in [0.717, 1.165) is 6.07 Å². The van der Waals surface area contributed by atoms with E-state index in [0.29, 0.717) is 5.56 Å². The van der Waals surface area contributed by atoms with Crippen LogP contribution in [0.5, 0.6) is 0 Å². The van der Waals surface area contributed by atoms with Crippen molar-refractivity contribution in [2.24, 2.45) is 13.0 Å². The minimum Gasteiger partial charge on any atom is -0.339 e. The number of halogens is 3. The van der Waals surface area contributed by atoms with Crippen LogP contribution in [0, 0.1) is 17.6 Å². The van der Waals surface area contributed by atoms with Gasteiger partial charge in [-0.15, -0.1) is 0 Å². The van der Waals surface area contributed by atoms with Crippen LogP contribution in [0.25, 0.3) is 0 Å². The first-order valence-electron chi connectivity index (χ1n) is 9.39. The molecule has 10 heteroatoms. The molecule has 2 heterocycles. The van der Waals surface area contributed by atoms with Gasteiger partial charge in [0.05, 0.1) is 11.3 Å². The standard InChI is InChI=1S/C21H18ClF2N3O3S/c1-26-11-20(25-12-26)31(29,30)27-9-16(13-2-5-15(23)6-3-13)17(10-27)21(28)14-4-7-18(22)19(24)8-14/h2-8,11-12,16-17H,9-10H2,1H3. The fourth-order valence-electron chi connectivity index (χ4n) is 3.80. The smallest absolute Gasteiger partial charge is 0.262 e. The Morgan fingerprint density at radius 2 is 1.84 bits per heavy atom. The minimum absolute atomic E-state index is 0.0109. The van der Waals surface area contributed by atoms with Gasteiger partial charge in [-0.25, -0.2) is 22.2 Å². The molecule has 3 aromatic rings. The molecule has 4 rings (SSSR count). The van der Waals surface area contributed by atoms with Crippen LogP contribution in [0.1, 0.15) is 21.8 Å². The molecule has 2 unspecified atom stereocenters. The molecule has 1 aliphatic rings. The number of hydrogen-bond acceptors (Lipinski definition) is 4. The van der Waals surface area contributed by atoms with E-state index in [4.69, 9.17) is 11.6 Å². The summed E-state index contributed by atoms with van der Waals surface area (Å²) in [5.41, 5.74) is 0.712. The predicted octanol–water partition coefficient (Wildman–Crippen LogP) is 3.64. The number of aromatic nitrogens is 2. The first-order valence-corrected chi connectivity index (χ1v) is 11.2. The van der Waals surface area contributed by atoms with Crippen molar-refractivity contribution in [2.75, 3.05) is 13.1 Å². The highest BCUT2D eigenvalue weighted by Gasteiger charge is 2.44. The molecule has 1 saturated heterocycles. The van der Waals surface area contributed by atoms with Crippen molar-refractivity contribution >= 4 is 27.4 Å². The average Bonchev–Trinajstić information content (AvgIpc) is 3.38. The molecule has 162 valence electrons. The van der Waals surface area contributed by atoms with E-state index in [1.807, 2.05) is 0 Å². The van der Waals surface area contributed by atoms with Gasteiger partial charge in [-0.2, -0.15) is 4.31 Å². The van der Waals surface area contributed by atoms with Gasteiger partial charge < -0.3 is 4.57 Å². The lowest BCUT2D eigenvalue weighted by Crippen LogP contribution is -2.30. The number of carbonyl (C=O) groups is 1. The van der Waals surface area contributed by atoms with Crippen molar-refractivity contribution in [1.82, 2.24) is 13.9 Å². The van der Waals surface area contributed by atoms with E-state index in [-0.39, 0.29) is 28.7 Å². The lowest BCUT2D eigenvalue weighted by atomic mass is 9.84. The Balaban J connectivity index is 1.72. The third-order valence-corrected chi connectivity index (χ3v) is 7.43. The van der Waals surface area contributed by atoms with Gasteiger partial charge >= 0.3 is 0 Å². The highest BCUT2D eigenvalue weighted by molar-refractivity contribution is 7.89. The zero-order valence-corrected chi connectivity index (χ0v) is 17.9. The van der Waals surface area contributed by atoms with Crippen LogP contribution in [0.4, 0.5) is 8.78 Å². The number of hydrogen-bond donors (Lipinski definition) is 0. The summed E-state index contributed by atoms with van der Waals surface area (Å²) in [4.78, 5) is 17.2. The topological polar surface area (TPSA) is 72.3 Å². The number of carbonyl (C=O) groups excluding carboxylic acids is 1. The molecule has 0 saturated carbocycles. The van der Waals surface area contributed by atoms with Crippen LogP contribution in [0.2, 0.25) is 5.02 Å². The number of benzene rings is 2. The SMILES string of the molecule is Cn1cnc(S(=O)(=O)N2CC(C(=O)c3ccc(Cl)c(F)c3)C(c3ccc(F)cc3)C2)c1. The summed E-state index contributed by atoms with van der Waals surface area (Å²) < 4.78 is 56.2. The molecule has 2 aromatic carbocycles. The Hall–Kier alpha value is -2.62. The summed E-state index contributed by atoms with van der Waals surface area (Å²) in [7, 11) is -2.30. The molecular formula is C21H18ClF2N3O3S. The molecule has 0 radical (unpaired) electrons. The summed E-state index contributed by atoms with van der Waals surface area (Å²) in [5.74, 6) is -2.91. The maximum atomic E-state index is 13.9. The molecule has 0 N–H and O–H groups in total. The van der Waals surface area contributed by atoms with Crippen LogP contribution < -0.4 is 0 Å². The van der Waals surface area contributed by atoms with Crippen molar-refractivity contribution in [3.8, 4) is 0 Å². The van der Waals surface area contributed by atoms with Crippen molar-refractivity contribution in [2.45, 2.75) is 10.9 Å². The number of ketones is 1. The molecule has 31 heavy (non-hydrogen) atoms. The summed E-state index contributed by atoms with van der Waals surface area (Å²) >= 11 is 5.72. The van der Waals surface area contributed by atoms with Crippen LogP contribution in [-0.2, 0) is 17.1 Å². The Kier molecular flexibility index (Phi) is 5.67. The van der Waals surface area contributed by atoms with Crippen molar-refractivity contribution in [3.63, 3.8) is 0 Å². The van der Waals surface area contributed by atoms with Crippen molar-refractivity contribution in [3.05, 3.63) is 82.8 Å². The minimum atomic E-state index is -3.95. The lowest BCUT2D eigenvalue weighted by molar-refractivity contribution is 0.0917. The lowest BCUT2D eigenvalue weighted by Gasteiger charge is -2.18. The second kappa shape index (κ2) is 8.14. The number of Topliss-reactive ketones (excluding diaryl/α,β-unsaturated/α-hetero) is 1. The molecule has 0 aliphatic carbocycles. The molecule has 1 aromatic heterocycles. The number of rotatable bonds is 5. The Morgan fingerprint density at radius 1 is 1.13 bits per heavy atom. The van der Waals surface area contributed by atoms with E-state index in [1.165, 1.54) is 57.8 Å². The fourth-order valence-corrected chi connectivity index (χ4v) is 5.37. The van der Waals surface area contributed by atoms with Gasteiger partial charge in [0.25, 0.3) is 10.0 Å². The van der Waals surface area contributed by atoms with E-state index < -0.39 is 39.3 Å². The number of aryl methyl sites for hydroxylation is 1. The van der Waals surface area contributed by atoms with Gasteiger partial charge in [-0.1, -0.05) is 23.7 Å². The zero-order chi connectivity index (χ0) is 22.3. The van der Waals surface area contributed by atoms with Gasteiger partial charge in [-0.05, 0) is 35.9 Å². The number of sulfonamides is 1. The Morgan fingerprint density at radius 3 is 2.45 bits per heavy atom. The third-order valence-electron chi connectivity index (χ3n) is 5.41. The van der Waals surface area contributed by atoms with E-state index >= 15 is 0 Å². The van der Waals surface area contributed by atoms with E-state index in [9.17, 15) is 22.0 Å². The van der Waals surface area contributed by atoms with Crippen molar-refractivity contribution in [1.29, 1.82) is 0 Å². The van der Waals surface area contributed by atoms with Crippen LogP contribution in [0.3, 0.4) is 0 Å². The zero-order valence-electron chi connectivity index (χ0n) is 16.4. The highest BCUT2D eigenvalue weighted by Crippen LogP contribution is 2.37. The summed E-state index contributed by atoms with van der Waals surface area (Å²) in [6.07, 6.45) is 2.76. The Bertz CT molecular complexity index is 1250. The maximum absolute atomic E-state index is 13.9. The first-order chi connectivity index (χ1) is 14.7. The predicted molar refractivity (Wildman–Crippen MR) is 110 cm³/mol. The summed E-state index contributed by atoms with van der Waals surface area (Å²) in [6.45, 7) is -0.0962. The summed E-state index contributed by atoms with van der Waals surface area (Å²) in [6, 6.07) is 9.31. The van der Waals surface area contributed by atoms with Gasteiger partial charge in [0.15, 0.2) is 10.8 Å². The second-order valence-electron chi connectivity index (χ2n) is 7.46. The van der Waals surface area contributed by atoms with Crippen LogP contribution in [0.15, 0.2) is 60.0 Å². The van der Waals surface area contributed by atoms with Gasteiger partial charge in [-0.3, -0.25) is 4.79 Å². The highest BCUT2D eigenvalue weighted by atomic mass is 35.5. The maximum Gasteiger partial charge on any atom is 0.262 e. The van der Waals surface area contributed by atoms with E-state index in [1.54, 1.807) is 7.05 Å². The number of nitrogens with zero attached hydrogens (tertiary/aromatic N) is 3. The van der Waals surface area contributed by atoms with Crippen molar-refractivity contribution < 1.29 is 22.0 Å². The molecule has 1 aliphatic heterocycles. The van der Waals surface area contributed by atoms with Crippen LogP contribution in [-0.4, -0.2) is 41.1 Å². The molecule has 1 fully saturated rings. The van der Waals surface area contributed by atoms with Gasteiger partial charge in [0.2, 0.25) is 0 Å². The summed E-state index contributed by atoms with van der Waals surface area (Å²) in [5, 5.41) is -0.240. The largest absolute Gasteiger partial charge is 0.339 e. The average molecular weight is 466 g/mol. The monoisotopic (exact) mass is 465 g/mol. The third kappa shape index (κ3) is 4.13. The molecular weight excluding hydrogens is 448 g/mol. The molecule has 0 spiro atoms. The van der Waals surface area contributed by atoms with Crippen LogP contribution >= 0.6 is 11.6 Å². The molecule has 0 bridgehead atoms. The first kappa shape index (κ1) is 21.6.